The molecule has 3 atom stereocenters. The maximum Gasteiger partial charge on any atom is 0.322 e. The van der Waals surface area contributed by atoms with Crippen molar-refractivity contribution >= 4 is 77.2 Å². The summed E-state index contributed by atoms with van der Waals surface area (Å²) in [5.41, 5.74) is 1.39. The van der Waals surface area contributed by atoms with Crippen molar-refractivity contribution in [2.45, 2.75) is 67.7 Å². The highest BCUT2D eigenvalue weighted by atomic mass is 32.2. The second kappa shape index (κ2) is 31.2. The Morgan fingerprint density at radius 3 is 1.67 bits per heavy atom. The summed E-state index contributed by atoms with van der Waals surface area (Å²) in [7, 11) is -8.01. The molecule has 91 heavy (non-hydrogen) atoms. The number of amides is 3. The van der Waals surface area contributed by atoms with Crippen LogP contribution in [0, 0.1) is 11.8 Å². The minimum Gasteiger partial charge on any atom is -0.497 e. The average molecular weight is 1330 g/mol. The number of anilines is 3. The number of ether oxygens (including phenoxy) is 3. The smallest absolute Gasteiger partial charge is 0.322 e. The number of thiophene rings is 1. The molecular formula is C59H66N12O16S4. The van der Waals surface area contributed by atoms with Gasteiger partial charge in [-0.1, -0.05) is 41.3 Å². The van der Waals surface area contributed by atoms with Crippen LogP contribution in [0.5, 0.6) is 5.75 Å². The molecule has 2 aliphatic heterocycles. The molecule has 9 aromatic rings. The van der Waals surface area contributed by atoms with Crippen molar-refractivity contribution in [3.05, 3.63) is 150 Å². The average Bonchev–Trinajstić information content (AvgIpc) is 1.78. The van der Waals surface area contributed by atoms with E-state index in [2.05, 4.69) is 60.4 Å². The first-order valence-electron chi connectivity index (χ1n) is 28.2. The summed E-state index contributed by atoms with van der Waals surface area (Å²) in [6.45, 7) is 11.8. The number of hydrogen-bond acceptors (Lipinski definition) is 23. The van der Waals surface area contributed by atoms with Gasteiger partial charge in [-0.2, -0.15) is 8.61 Å². The molecule has 7 heterocycles. The van der Waals surface area contributed by atoms with E-state index in [1.54, 1.807) is 43.5 Å². The molecular weight excluding hydrogens is 1260 g/mol. The largest absolute Gasteiger partial charge is 0.497 e. The quantitative estimate of drug-likeness (QED) is 0.0587. The number of sulfonamides is 3. The Kier molecular flexibility index (Phi) is 23.4. The molecule has 5 N–H and O–H groups in total. The van der Waals surface area contributed by atoms with Crippen LogP contribution in [0.2, 0.25) is 0 Å². The third-order valence-corrected chi connectivity index (χ3v) is 18.9. The molecule has 3 amide bonds. The molecule has 482 valence electrons. The van der Waals surface area contributed by atoms with Gasteiger partial charge in [-0.15, -0.1) is 26.6 Å². The standard InChI is InChI=1S/C22H24N4O6S.C20H22N4O4S2.C13H10N4O5S.C4H10O/c1-26(14-18-7-4-12-31-18)33(28,29)19-10-8-15(9-11-19)20(27)23-22-25-24-21(32-22)16-5-3-6-17(13-16)30-2;1-13-10-14(2)12-24(11-13)30(26,27)16-7-5-15(6-8-16)18(25)21-20-23-22-19(28-20)17-4-3-9-29-17;14-23(19,20)9-5-3-8(4-6-9)11(18)15-13-17-16-12(22-13)10-2-1-7-21-10;1-3-5-4-2/h3,5-6,8-11,13,18H,4,7,12,14H2,1-2H3,(H,23,25,27);3-9,13-14H,10-12H2,1-2H3,(H,21,23,25);1-7H,(H2,14,19,20)(H,15,17,18);3-4H2,1-2H3. The highest BCUT2D eigenvalue weighted by Crippen LogP contribution is 2.30. The summed E-state index contributed by atoms with van der Waals surface area (Å²) >= 11 is 1.45. The number of benzene rings is 4. The van der Waals surface area contributed by atoms with Crippen molar-refractivity contribution in [3.63, 3.8) is 0 Å². The maximum atomic E-state index is 13.0. The first-order valence-corrected chi connectivity index (χ1v) is 33.5. The van der Waals surface area contributed by atoms with Gasteiger partial charge in [0.2, 0.25) is 36.0 Å². The molecule has 0 bridgehead atoms. The number of nitrogens with zero attached hydrogens (tertiary/aromatic N) is 8. The second-order valence-corrected chi connectivity index (χ2v) is 26.9. The number of furan rings is 1. The Labute approximate surface area is 528 Å². The molecule has 4 aromatic carbocycles. The zero-order chi connectivity index (χ0) is 65.3. The Bertz CT molecular complexity index is 4170. The fraction of sp³-hybridized carbons (Fsp3) is 0.305. The van der Waals surface area contributed by atoms with E-state index in [4.69, 9.17) is 37.0 Å². The Balaban J connectivity index is 0.000000172. The summed E-state index contributed by atoms with van der Waals surface area (Å²) in [5.74, 6) is 0.808. The van der Waals surface area contributed by atoms with E-state index < -0.39 is 47.8 Å². The molecule has 2 fully saturated rings. The zero-order valence-corrected chi connectivity index (χ0v) is 53.4. The summed E-state index contributed by atoms with van der Waals surface area (Å²) in [4.78, 5) is 38.0. The van der Waals surface area contributed by atoms with Gasteiger partial charge in [0.15, 0.2) is 5.76 Å². The number of methoxy groups -OCH3 is 1. The number of piperidine rings is 1. The minimum atomic E-state index is -3.81. The van der Waals surface area contributed by atoms with Crippen molar-refractivity contribution in [1.82, 2.24) is 39.2 Å². The maximum absolute atomic E-state index is 13.0. The Morgan fingerprint density at radius 2 is 1.19 bits per heavy atom. The van der Waals surface area contributed by atoms with Crippen molar-refractivity contribution < 1.29 is 71.5 Å². The van der Waals surface area contributed by atoms with Gasteiger partial charge in [-0.25, -0.2) is 30.4 Å². The third kappa shape index (κ3) is 18.6. The van der Waals surface area contributed by atoms with E-state index in [9.17, 15) is 39.6 Å². The summed E-state index contributed by atoms with van der Waals surface area (Å²) in [6.07, 6.45) is 4.16. The van der Waals surface area contributed by atoms with Crippen molar-refractivity contribution in [3.8, 4) is 39.6 Å². The highest BCUT2D eigenvalue weighted by Gasteiger charge is 2.32. The molecule has 32 heteroatoms. The number of carbonyl (C=O) groups excluding carboxylic acids is 3. The van der Waals surface area contributed by atoms with E-state index in [1.807, 2.05) is 31.4 Å². The summed E-state index contributed by atoms with van der Waals surface area (Å²) < 4.78 is 113. The lowest BCUT2D eigenvalue weighted by Gasteiger charge is -2.34. The molecule has 2 aliphatic rings. The number of primary sulfonamides is 1. The van der Waals surface area contributed by atoms with Crippen LogP contribution in [0.1, 0.15) is 78.0 Å². The number of likely N-dealkylation sites (N-methyl/N-ethyl adjacent to an activating group) is 1. The first-order chi connectivity index (χ1) is 43.5. The predicted octanol–water partition coefficient (Wildman–Crippen LogP) is 8.79. The van der Waals surface area contributed by atoms with Gasteiger partial charge in [-0.05, 0) is 160 Å². The van der Waals surface area contributed by atoms with Gasteiger partial charge < -0.3 is 31.9 Å². The lowest BCUT2D eigenvalue weighted by Crippen LogP contribution is -2.42. The van der Waals surface area contributed by atoms with Crippen LogP contribution < -0.4 is 25.8 Å². The second-order valence-electron chi connectivity index (χ2n) is 20.4. The minimum absolute atomic E-state index is 0.0172. The summed E-state index contributed by atoms with van der Waals surface area (Å²) in [5, 5.41) is 37.2. The molecule has 0 radical (unpaired) electrons. The third-order valence-electron chi connectivity index (χ3n) is 13.5. The van der Waals surface area contributed by atoms with Crippen LogP contribution >= 0.6 is 11.3 Å². The lowest BCUT2D eigenvalue weighted by molar-refractivity contribution is 0.0978. The van der Waals surface area contributed by atoms with Gasteiger partial charge in [0.1, 0.15) is 5.75 Å². The van der Waals surface area contributed by atoms with Crippen molar-refractivity contribution in [1.29, 1.82) is 0 Å². The van der Waals surface area contributed by atoms with Crippen LogP contribution in [0.3, 0.4) is 0 Å². The fourth-order valence-electron chi connectivity index (χ4n) is 9.06. The van der Waals surface area contributed by atoms with Gasteiger partial charge in [0, 0.05) is 68.8 Å². The molecule has 0 spiro atoms. The van der Waals surface area contributed by atoms with E-state index in [0.717, 1.165) is 37.4 Å². The van der Waals surface area contributed by atoms with Crippen LogP contribution in [0.4, 0.5) is 18.0 Å². The zero-order valence-electron chi connectivity index (χ0n) is 50.1. The lowest BCUT2D eigenvalue weighted by atomic mass is 9.94. The molecule has 0 saturated carbocycles. The van der Waals surface area contributed by atoms with Crippen LogP contribution in [0.15, 0.2) is 165 Å². The fourth-order valence-corrected chi connectivity index (χ4v) is 13.1. The number of carbonyl (C=O) groups is 3. The number of hydrogen-bond donors (Lipinski definition) is 4. The molecule has 2 saturated heterocycles. The number of rotatable bonds is 19. The van der Waals surface area contributed by atoms with Crippen LogP contribution in [0.25, 0.3) is 33.9 Å². The highest BCUT2D eigenvalue weighted by molar-refractivity contribution is 7.89. The number of nitrogens with one attached hydrogen (secondary N) is 3. The normalized spacial score (nSPS) is 15.8. The van der Waals surface area contributed by atoms with Crippen LogP contribution in [-0.4, -0.2) is 142 Å². The topological polar surface area (TPSA) is 380 Å². The molecule has 0 aliphatic carbocycles. The molecule has 28 nitrogen and oxygen atoms in total. The molecule has 11 rings (SSSR count). The SMILES string of the molecule is CC1CC(C)CN(S(=O)(=O)c2ccc(C(=O)Nc3nnc(-c4cccs4)o3)cc2)C1.CCOCC.COc1cccc(-c2nnc(NC(=O)c3ccc(S(=O)(=O)N(C)CC4CCCO4)cc3)o2)c1.NS(=O)(=O)c1ccc(C(=O)Nc2nnc(-c3ccco3)o2)cc1. The number of aromatic nitrogens is 6. The van der Waals surface area contributed by atoms with E-state index in [-0.39, 0.29) is 68.3 Å². The Morgan fingerprint density at radius 1 is 0.659 bits per heavy atom. The van der Waals surface area contributed by atoms with Gasteiger partial charge in [0.05, 0.1) is 39.0 Å². The predicted molar refractivity (Wildman–Crippen MR) is 333 cm³/mol. The van der Waals surface area contributed by atoms with Crippen molar-refractivity contribution in [2.24, 2.45) is 17.0 Å². The van der Waals surface area contributed by atoms with Crippen molar-refractivity contribution in [2.75, 3.05) is 69.6 Å². The van der Waals surface area contributed by atoms with Gasteiger partial charge in [0.25, 0.3) is 29.5 Å². The van der Waals surface area contributed by atoms with Crippen LogP contribution in [-0.2, 0) is 39.5 Å². The summed E-state index contributed by atoms with van der Waals surface area (Å²) in [6, 6.07) is 30.5. The number of nitrogens with two attached hydrogens (primary N) is 1. The van der Waals surface area contributed by atoms with E-state index in [0.29, 0.717) is 60.1 Å². The van der Waals surface area contributed by atoms with E-state index in [1.165, 1.54) is 106 Å². The molecule has 5 aromatic heterocycles. The first kappa shape index (κ1) is 68.1. The Hall–Kier alpha value is -8.86. The van der Waals surface area contributed by atoms with Gasteiger partial charge in [-0.3, -0.25) is 30.3 Å². The van der Waals surface area contributed by atoms with Gasteiger partial charge >= 0.3 is 18.0 Å². The van der Waals surface area contributed by atoms with E-state index >= 15 is 0 Å². The molecule has 3 unspecified atom stereocenters. The monoisotopic (exact) mass is 1330 g/mol.